The van der Waals surface area contributed by atoms with E-state index in [9.17, 15) is 0 Å². The molecule has 102 valence electrons. The number of aryl methyl sites for hydroxylation is 1. The van der Waals surface area contributed by atoms with E-state index >= 15 is 0 Å². The molecule has 4 nitrogen and oxygen atoms in total. The van der Waals surface area contributed by atoms with Crippen molar-refractivity contribution in [3.8, 4) is 11.5 Å². The molecule has 0 saturated heterocycles. The van der Waals surface area contributed by atoms with Gasteiger partial charge in [0.25, 0.3) is 0 Å². The highest BCUT2D eigenvalue weighted by molar-refractivity contribution is 6.30. The Morgan fingerprint density at radius 2 is 2.16 bits per heavy atom. The average Bonchev–Trinajstić information content (AvgIpc) is 2.88. The van der Waals surface area contributed by atoms with Crippen LogP contribution in [-0.2, 0) is 0 Å². The molecule has 5 heteroatoms. The first-order valence-electron chi connectivity index (χ1n) is 6.45. The van der Waals surface area contributed by atoms with Gasteiger partial charge in [0, 0.05) is 10.6 Å². The zero-order valence-electron chi connectivity index (χ0n) is 11.4. The van der Waals surface area contributed by atoms with E-state index in [2.05, 4.69) is 22.4 Å². The average molecular weight is 280 g/mol. The second-order valence-electron chi connectivity index (χ2n) is 4.58. The van der Waals surface area contributed by atoms with Gasteiger partial charge in [-0.3, -0.25) is 0 Å². The van der Waals surface area contributed by atoms with Gasteiger partial charge in [0.2, 0.25) is 11.8 Å². The van der Waals surface area contributed by atoms with Gasteiger partial charge in [0.1, 0.15) is 0 Å². The van der Waals surface area contributed by atoms with E-state index in [0.29, 0.717) is 16.8 Å². The lowest BCUT2D eigenvalue weighted by atomic mass is 10.1. The molecular weight excluding hydrogens is 262 g/mol. The summed E-state index contributed by atoms with van der Waals surface area (Å²) in [6.45, 7) is 7.05. The van der Waals surface area contributed by atoms with Crippen molar-refractivity contribution >= 4 is 11.6 Å². The molecule has 1 aromatic carbocycles. The first kappa shape index (κ1) is 14.0. The Morgan fingerprint density at radius 3 is 2.89 bits per heavy atom. The molecule has 0 amide bonds. The Morgan fingerprint density at radius 1 is 1.37 bits per heavy atom. The predicted molar refractivity (Wildman–Crippen MR) is 76.2 cm³/mol. The molecule has 1 atom stereocenters. The summed E-state index contributed by atoms with van der Waals surface area (Å²) in [6, 6.07) is 5.70. The van der Waals surface area contributed by atoms with Crippen molar-refractivity contribution in [3.05, 3.63) is 34.7 Å². The van der Waals surface area contributed by atoms with Crippen LogP contribution in [0.2, 0.25) is 5.02 Å². The van der Waals surface area contributed by atoms with Crippen LogP contribution in [0.5, 0.6) is 0 Å². The van der Waals surface area contributed by atoms with Gasteiger partial charge in [-0.05, 0) is 44.5 Å². The van der Waals surface area contributed by atoms with Gasteiger partial charge >= 0.3 is 0 Å². The van der Waals surface area contributed by atoms with Crippen molar-refractivity contribution in [1.29, 1.82) is 0 Å². The lowest BCUT2D eigenvalue weighted by Crippen LogP contribution is -2.19. The van der Waals surface area contributed by atoms with E-state index in [1.54, 1.807) is 0 Å². The van der Waals surface area contributed by atoms with Crippen molar-refractivity contribution in [3.63, 3.8) is 0 Å². The largest absolute Gasteiger partial charge is 0.419 e. The van der Waals surface area contributed by atoms with Crippen LogP contribution >= 0.6 is 11.6 Å². The minimum atomic E-state index is 0.0562. The smallest absolute Gasteiger partial charge is 0.248 e. The van der Waals surface area contributed by atoms with E-state index in [4.69, 9.17) is 16.0 Å². The summed E-state index contributed by atoms with van der Waals surface area (Å²) in [5.74, 6) is 1.11. The van der Waals surface area contributed by atoms with E-state index in [-0.39, 0.29) is 6.04 Å². The standard InChI is InChI=1S/C14H18ClN3O/c1-4-7-16-10(3)13-17-18-14(19-13)12-8-11(15)6-5-9(12)2/h5-6,8,10,16H,4,7H2,1-3H3. The molecule has 1 aromatic heterocycles. The molecule has 0 radical (unpaired) electrons. The van der Waals surface area contributed by atoms with E-state index in [1.165, 1.54) is 0 Å². The maximum atomic E-state index is 6.00. The number of nitrogens with zero attached hydrogens (tertiary/aromatic N) is 2. The molecule has 2 aromatic rings. The number of benzene rings is 1. The van der Waals surface area contributed by atoms with Crippen LogP contribution in [0.15, 0.2) is 22.6 Å². The molecule has 0 aliphatic carbocycles. The molecule has 0 saturated carbocycles. The Hall–Kier alpha value is -1.39. The van der Waals surface area contributed by atoms with Crippen LogP contribution < -0.4 is 5.32 Å². The zero-order chi connectivity index (χ0) is 13.8. The molecule has 0 bridgehead atoms. The monoisotopic (exact) mass is 279 g/mol. The Labute approximate surface area is 118 Å². The Balaban J connectivity index is 2.23. The van der Waals surface area contributed by atoms with Crippen LogP contribution in [0, 0.1) is 6.92 Å². The molecule has 0 aliphatic heterocycles. The van der Waals surface area contributed by atoms with Crippen LogP contribution in [0.25, 0.3) is 11.5 Å². The lowest BCUT2D eigenvalue weighted by molar-refractivity contribution is 0.423. The van der Waals surface area contributed by atoms with Crippen molar-refractivity contribution in [2.45, 2.75) is 33.2 Å². The van der Waals surface area contributed by atoms with Gasteiger partial charge in [-0.25, -0.2) is 0 Å². The van der Waals surface area contributed by atoms with Crippen molar-refractivity contribution in [2.75, 3.05) is 6.54 Å². The van der Waals surface area contributed by atoms with E-state index in [0.717, 1.165) is 24.1 Å². The summed E-state index contributed by atoms with van der Waals surface area (Å²) in [4.78, 5) is 0. The fourth-order valence-corrected chi connectivity index (χ4v) is 1.96. The highest BCUT2D eigenvalue weighted by atomic mass is 35.5. The van der Waals surface area contributed by atoms with Crippen LogP contribution in [-0.4, -0.2) is 16.7 Å². The molecule has 0 fully saturated rings. The van der Waals surface area contributed by atoms with E-state index in [1.807, 2.05) is 32.0 Å². The summed E-state index contributed by atoms with van der Waals surface area (Å²) in [7, 11) is 0. The van der Waals surface area contributed by atoms with Crippen LogP contribution in [0.3, 0.4) is 0 Å². The summed E-state index contributed by atoms with van der Waals surface area (Å²) in [5.41, 5.74) is 1.95. The van der Waals surface area contributed by atoms with Gasteiger partial charge < -0.3 is 9.73 Å². The van der Waals surface area contributed by atoms with Gasteiger partial charge in [0.05, 0.1) is 6.04 Å². The molecule has 0 aliphatic rings. The third-order valence-corrected chi connectivity index (χ3v) is 3.18. The molecule has 1 unspecified atom stereocenters. The predicted octanol–water partition coefficient (Wildman–Crippen LogP) is 3.76. The molecule has 2 rings (SSSR count). The van der Waals surface area contributed by atoms with Crippen molar-refractivity contribution in [2.24, 2.45) is 0 Å². The fourth-order valence-electron chi connectivity index (χ4n) is 1.79. The summed E-state index contributed by atoms with van der Waals surface area (Å²) in [5, 5.41) is 12.2. The molecule has 1 N–H and O–H groups in total. The second kappa shape index (κ2) is 6.17. The first-order chi connectivity index (χ1) is 9.11. The second-order valence-corrected chi connectivity index (χ2v) is 5.02. The highest BCUT2D eigenvalue weighted by Gasteiger charge is 2.15. The topological polar surface area (TPSA) is 51.0 Å². The quantitative estimate of drug-likeness (QED) is 0.905. The van der Waals surface area contributed by atoms with Gasteiger partial charge in [0.15, 0.2) is 0 Å². The minimum Gasteiger partial charge on any atom is -0.419 e. The normalized spacial score (nSPS) is 12.6. The maximum absolute atomic E-state index is 6.00. The number of aromatic nitrogens is 2. The van der Waals surface area contributed by atoms with Crippen LogP contribution in [0.1, 0.15) is 37.8 Å². The Bertz CT molecular complexity index is 553. The van der Waals surface area contributed by atoms with Gasteiger partial charge in [-0.15, -0.1) is 10.2 Å². The number of hydrogen-bond donors (Lipinski definition) is 1. The number of rotatable bonds is 5. The maximum Gasteiger partial charge on any atom is 0.248 e. The molecular formula is C14H18ClN3O. The van der Waals surface area contributed by atoms with Gasteiger partial charge in [-0.1, -0.05) is 24.6 Å². The third kappa shape index (κ3) is 3.33. The summed E-state index contributed by atoms with van der Waals surface area (Å²) in [6.07, 6.45) is 1.07. The zero-order valence-corrected chi connectivity index (χ0v) is 12.2. The van der Waals surface area contributed by atoms with Crippen LogP contribution in [0.4, 0.5) is 0 Å². The number of nitrogens with one attached hydrogen (secondary N) is 1. The third-order valence-electron chi connectivity index (χ3n) is 2.94. The minimum absolute atomic E-state index is 0.0562. The van der Waals surface area contributed by atoms with Crippen molar-refractivity contribution < 1.29 is 4.42 Å². The molecule has 1 heterocycles. The summed E-state index contributed by atoms with van der Waals surface area (Å²) < 4.78 is 5.72. The Kier molecular flexibility index (Phi) is 4.56. The number of hydrogen-bond acceptors (Lipinski definition) is 4. The lowest BCUT2D eigenvalue weighted by Gasteiger charge is -2.07. The number of halogens is 1. The molecule has 19 heavy (non-hydrogen) atoms. The molecule has 0 spiro atoms. The van der Waals surface area contributed by atoms with Crippen molar-refractivity contribution in [1.82, 2.24) is 15.5 Å². The van der Waals surface area contributed by atoms with Gasteiger partial charge in [-0.2, -0.15) is 0 Å². The first-order valence-corrected chi connectivity index (χ1v) is 6.83. The summed E-state index contributed by atoms with van der Waals surface area (Å²) >= 11 is 6.00. The fraction of sp³-hybridized carbons (Fsp3) is 0.429. The SMILES string of the molecule is CCCNC(C)c1nnc(-c2cc(Cl)ccc2C)o1. The van der Waals surface area contributed by atoms with E-state index < -0.39 is 0 Å². The highest BCUT2D eigenvalue weighted by Crippen LogP contribution is 2.26.